The average molecular weight is 278 g/mol. The number of hydrogen-bond acceptors (Lipinski definition) is 3. The van der Waals surface area contributed by atoms with Crippen molar-refractivity contribution >= 4 is 15.9 Å². The highest BCUT2D eigenvalue weighted by molar-refractivity contribution is 7.90. The molecule has 1 saturated carbocycles. The van der Waals surface area contributed by atoms with Crippen LogP contribution < -0.4 is 4.72 Å². The number of rotatable bonds is 1. The van der Waals surface area contributed by atoms with Gasteiger partial charge in [0.2, 0.25) is 0 Å². The van der Waals surface area contributed by atoms with E-state index < -0.39 is 10.0 Å². The van der Waals surface area contributed by atoms with Gasteiger partial charge in [-0.3, -0.25) is 9.71 Å². The quantitative estimate of drug-likeness (QED) is 0.855. The van der Waals surface area contributed by atoms with Crippen LogP contribution in [0.25, 0.3) is 0 Å². The minimum atomic E-state index is -3.41. The highest BCUT2D eigenvalue weighted by Gasteiger charge is 2.34. The van der Waals surface area contributed by atoms with Crippen molar-refractivity contribution < 1.29 is 8.42 Å². The summed E-state index contributed by atoms with van der Waals surface area (Å²) < 4.78 is 26.6. The Hall–Kier alpha value is -1.36. The molecule has 0 bridgehead atoms. The Morgan fingerprint density at radius 3 is 2.63 bits per heavy atom. The van der Waals surface area contributed by atoms with Gasteiger partial charge in [0.1, 0.15) is 5.84 Å². The van der Waals surface area contributed by atoms with E-state index in [4.69, 9.17) is 0 Å². The molecule has 0 saturated heterocycles. The molecule has 19 heavy (non-hydrogen) atoms. The molecule has 1 fully saturated rings. The Morgan fingerprint density at radius 1 is 1.21 bits per heavy atom. The number of benzene rings is 1. The molecule has 3 atom stereocenters. The number of sulfonamides is 1. The van der Waals surface area contributed by atoms with Gasteiger partial charge in [-0.25, -0.2) is 8.42 Å². The molecule has 1 aromatic carbocycles. The molecule has 5 heteroatoms. The van der Waals surface area contributed by atoms with E-state index in [1.807, 2.05) is 12.1 Å². The SMILES string of the molecule is CC1CCC(N=C2NS(=O)(=O)c3ccccc32)C1C. The summed E-state index contributed by atoms with van der Waals surface area (Å²) in [5.41, 5.74) is 0.703. The van der Waals surface area contributed by atoms with Crippen LogP contribution in [0, 0.1) is 11.8 Å². The molecule has 1 N–H and O–H groups in total. The standard InChI is InChI=1S/C14H18N2O2S/c1-9-7-8-12(10(9)2)15-14-11-5-3-4-6-13(11)19(17,18)16-14/h3-6,9-10,12H,7-8H2,1-2H3,(H,15,16). The second-order valence-corrected chi connectivity index (χ2v) is 7.21. The average Bonchev–Trinajstić information content (AvgIpc) is 2.82. The first kappa shape index (κ1) is 12.7. The van der Waals surface area contributed by atoms with Crippen molar-refractivity contribution in [1.29, 1.82) is 0 Å². The van der Waals surface area contributed by atoms with E-state index in [0.29, 0.717) is 28.1 Å². The van der Waals surface area contributed by atoms with Crippen LogP contribution in [0.1, 0.15) is 32.3 Å². The maximum atomic E-state index is 12.0. The van der Waals surface area contributed by atoms with Gasteiger partial charge in [-0.1, -0.05) is 26.0 Å². The fourth-order valence-electron chi connectivity index (χ4n) is 2.92. The zero-order valence-electron chi connectivity index (χ0n) is 11.1. The predicted molar refractivity (Wildman–Crippen MR) is 74.7 cm³/mol. The fourth-order valence-corrected chi connectivity index (χ4v) is 4.16. The first-order valence-corrected chi connectivity index (χ1v) is 8.17. The molecule has 4 nitrogen and oxygen atoms in total. The maximum Gasteiger partial charge on any atom is 0.263 e. The van der Waals surface area contributed by atoms with Crippen LogP contribution in [0.4, 0.5) is 0 Å². The van der Waals surface area contributed by atoms with E-state index in [1.54, 1.807) is 12.1 Å². The van der Waals surface area contributed by atoms with Gasteiger partial charge in [-0.2, -0.15) is 0 Å². The molecule has 1 heterocycles. The molecule has 0 radical (unpaired) electrons. The summed E-state index contributed by atoms with van der Waals surface area (Å²) in [5, 5.41) is 0. The zero-order chi connectivity index (χ0) is 13.6. The summed E-state index contributed by atoms with van der Waals surface area (Å²) in [6.07, 6.45) is 2.20. The van der Waals surface area contributed by atoms with E-state index in [1.165, 1.54) is 0 Å². The van der Waals surface area contributed by atoms with Crippen LogP contribution in [0.2, 0.25) is 0 Å². The number of nitrogens with zero attached hydrogens (tertiary/aromatic N) is 1. The summed E-state index contributed by atoms with van der Waals surface area (Å²) in [6.45, 7) is 4.43. The molecule has 0 aromatic heterocycles. The van der Waals surface area contributed by atoms with E-state index in [-0.39, 0.29) is 6.04 Å². The van der Waals surface area contributed by atoms with E-state index in [0.717, 1.165) is 12.8 Å². The molecule has 3 rings (SSSR count). The molecular formula is C14H18N2O2S. The fraction of sp³-hybridized carbons (Fsp3) is 0.500. The summed E-state index contributed by atoms with van der Waals surface area (Å²) in [5.74, 6) is 1.67. The van der Waals surface area contributed by atoms with Crippen LogP contribution in [0.5, 0.6) is 0 Å². The summed E-state index contributed by atoms with van der Waals surface area (Å²) >= 11 is 0. The molecule has 0 spiro atoms. The molecule has 1 aliphatic carbocycles. The Balaban J connectivity index is 2.00. The van der Waals surface area contributed by atoms with Crippen molar-refractivity contribution in [3.63, 3.8) is 0 Å². The third kappa shape index (κ3) is 2.06. The van der Waals surface area contributed by atoms with Crippen LogP contribution in [0.3, 0.4) is 0 Å². The van der Waals surface area contributed by atoms with Crippen molar-refractivity contribution in [3.05, 3.63) is 29.8 Å². The van der Waals surface area contributed by atoms with Gasteiger partial charge in [0.05, 0.1) is 10.9 Å². The summed E-state index contributed by atoms with van der Waals surface area (Å²) in [6, 6.07) is 7.24. The Morgan fingerprint density at radius 2 is 1.95 bits per heavy atom. The van der Waals surface area contributed by atoms with Gasteiger partial charge in [-0.05, 0) is 36.8 Å². The number of amidine groups is 1. The maximum absolute atomic E-state index is 12.0. The van der Waals surface area contributed by atoms with Gasteiger partial charge in [0.25, 0.3) is 10.0 Å². The zero-order valence-corrected chi connectivity index (χ0v) is 11.9. The highest BCUT2D eigenvalue weighted by Crippen LogP contribution is 2.34. The lowest BCUT2D eigenvalue weighted by atomic mass is 9.98. The van der Waals surface area contributed by atoms with E-state index in [9.17, 15) is 8.42 Å². The number of hydrogen-bond donors (Lipinski definition) is 1. The first-order valence-electron chi connectivity index (χ1n) is 6.69. The number of aliphatic imine (C=N–C) groups is 1. The minimum Gasteiger partial charge on any atom is -0.264 e. The first-order chi connectivity index (χ1) is 8.99. The van der Waals surface area contributed by atoms with Crippen LogP contribution in [-0.2, 0) is 10.0 Å². The van der Waals surface area contributed by atoms with Crippen molar-refractivity contribution in [1.82, 2.24) is 4.72 Å². The van der Waals surface area contributed by atoms with Crippen molar-refractivity contribution in [3.8, 4) is 0 Å². The van der Waals surface area contributed by atoms with Gasteiger partial charge in [0.15, 0.2) is 0 Å². The lowest BCUT2D eigenvalue weighted by Gasteiger charge is -2.14. The smallest absolute Gasteiger partial charge is 0.263 e. The third-order valence-corrected chi connectivity index (χ3v) is 5.78. The second kappa shape index (κ2) is 4.34. The normalized spacial score (nSPS) is 34.2. The van der Waals surface area contributed by atoms with Crippen molar-refractivity contribution in [2.75, 3.05) is 0 Å². The second-order valence-electron chi connectivity index (χ2n) is 5.56. The third-order valence-electron chi connectivity index (χ3n) is 4.38. The Labute approximate surface area is 114 Å². The molecule has 2 aliphatic rings. The van der Waals surface area contributed by atoms with Gasteiger partial charge in [-0.15, -0.1) is 0 Å². The predicted octanol–water partition coefficient (Wildman–Crippen LogP) is 2.16. The highest BCUT2D eigenvalue weighted by atomic mass is 32.2. The molecule has 0 amide bonds. The minimum absolute atomic E-state index is 0.221. The summed E-state index contributed by atoms with van der Waals surface area (Å²) in [7, 11) is -3.41. The van der Waals surface area contributed by atoms with Crippen LogP contribution in [0.15, 0.2) is 34.2 Å². The molecule has 1 aromatic rings. The number of fused-ring (bicyclic) bond motifs is 1. The van der Waals surface area contributed by atoms with Crippen LogP contribution >= 0.6 is 0 Å². The lowest BCUT2D eigenvalue weighted by Crippen LogP contribution is -2.25. The molecule has 1 aliphatic heterocycles. The van der Waals surface area contributed by atoms with E-state index >= 15 is 0 Å². The molecule has 3 unspecified atom stereocenters. The van der Waals surface area contributed by atoms with Crippen LogP contribution in [-0.4, -0.2) is 20.3 Å². The van der Waals surface area contributed by atoms with Gasteiger partial charge >= 0.3 is 0 Å². The Bertz CT molecular complexity index is 637. The van der Waals surface area contributed by atoms with Crippen molar-refractivity contribution in [2.24, 2.45) is 16.8 Å². The monoisotopic (exact) mass is 278 g/mol. The summed E-state index contributed by atoms with van der Waals surface area (Å²) in [4.78, 5) is 5.01. The van der Waals surface area contributed by atoms with Crippen molar-refractivity contribution in [2.45, 2.75) is 37.6 Å². The van der Waals surface area contributed by atoms with E-state index in [2.05, 4.69) is 23.6 Å². The number of nitrogens with one attached hydrogen (secondary N) is 1. The Kier molecular flexibility index (Phi) is 2.89. The lowest BCUT2D eigenvalue weighted by molar-refractivity contribution is 0.423. The largest absolute Gasteiger partial charge is 0.264 e. The van der Waals surface area contributed by atoms with Gasteiger partial charge < -0.3 is 0 Å². The topological polar surface area (TPSA) is 58.5 Å². The molecular weight excluding hydrogens is 260 g/mol. The molecule has 102 valence electrons. The van der Waals surface area contributed by atoms with Gasteiger partial charge in [0, 0.05) is 5.56 Å².